The van der Waals surface area contributed by atoms with Crippen LogP contribution in [-0.4, -0.2) is 43.4 Å². The number of rotatable bonds is 6. The van der Waals surface area contributed by atoms with Crippen molar-refractivity contribution in [2.24, 2.45) is 5.92 Å². The SMILES string of the molecule is CNC(CS(=O)c1ccccc1OC)C1CCOC1. The minimum Gasteiger partial charge on any atom is -0.495 e. The third-order valence-electron chi connectivity index (χ3n) is 3.55. The Morgan fingerprint density at radius 2 is 2.32 bits per heavy atom. The predicted octanol–water partition coefficient (Wildman–Crippen LogP) is 1.43. The topological polar surface area (TPSA) is 47.6 Å². The molecule has 0 spiro atoms. The first kappa shape index (κ1) is 14.5. The van der Waals surface area contributed by atoms with Gasteiger partial charge in [0.1, 0.15) is 5.75 Å². The number of hydrogen-bond acceptors (Lipinski definition) is 4. The highest BCUT2D eigenvalue weighted by Gasteiger charge is 2.27. The summed E-state index contributed by atoms with van der Waals surface area (Å²) in [5.74, 6) is 1.73. The van der Waals surface area contributed by atoms with Crippen molar-refractivity contribution in [1.29, 1.82) is 0 Å². The molecule has 4 nitrogen and oxygen atoms in total. The molecule has 106 valence electrons. The molecule has 0 aliphatic carbocycles. The maximum Gasteiger partial charge on any atom is 0.134 e. The van der Waals surface area contributed by atoms with Gasteiger partial charge in [0.2, 0.25) is 0 Å². The lowest BCUT2D eigenvalue weighted by molar-refractivity contribution is 0.179. The summed E-state index contributed by atoms with van der Waals surface area (Å²) in [6.07, 6.45) is 1.04. The number of hydrogen-bond donors (Lipinski definition) is 1. The Morgan fingerprint density at radius 3 is 2.95 bits per heavy atom. The second kappa shape index (κ2) is 7.03. The van der Waals surface area contributed by atoms with Gasteiger partial charge in [-0.25, -0.2) is 0 Å². The molecule has 1 heterocycles. The highest BCUT2D eigenvalue weighted by molar-refractivity contribution is 7.85. The van der Waals surface area contributed by atoms with Crippen LogP contribution in [0.2, 0.25) is 0 Å². The molecule has 0 amide bonds. The fourth-order valence-corrected chi connectivity index (χ4v) is 3.94. The summed E-state index contributed by atoms with van der Waals surface area (Å²) >= 11 is 0. The van der Waals surface area contributed by atoms with E-state index in [4.69, 9.17) is 9.47 Å². The third-order valence-corrected chi connectivity index (χ3v) is 5.04. The standard InChI is InChI=1S/C14H21NO3S/c1-15-12(11-7-8-18-9-11)10-19(16)14-6-4-3-5-13(14)17-2/h3-6,11-12,15H,7-10H2,1-2H3. The molecule has 1 aliphatic rings. The van der Waals surface area contributed by atoms with Crippen molar-refractivity contribution < 1.29 is 13.7 Å². The monoisotopic (exact) mass is 283 g/mol. The maximum absolute atomic E-state index is 12.5. The molecular weight excluding hydrogens is 262 g/mol. The Labute approximate surface area is 116 Å². The molecule has 1 aromatic rings. The first-order valence-corrected chi connectivity index (χ1v) is 7.84. The Balaban J connectivity index is 2.06. The summed E-state index contributed by atoms with van der Waals surface area (Å²) in [4.78, 5) is 0.768. The van der Waals surface area contributed by atoms with Gasteiger partial charge >= 0.3 is 0 Å². The van der Waals surface area contributed by atoms with Gasteiger partial charge in [-0.1, -0.05) is 12.1 Å². The zero-order valence-corrected chi connectivity index (χ0v) is 12.2. The quantitative estimate of drug-likeness (QED) is 0.858. The van der Waals surface area contributed by atoms with Crippen LogP contribution in [0.3, 0.4) is 0 Å². The fourth-order valence-electron chi connectivity index (χ4n) is 2.38. The molecule has 2 rings (SSSR count). The van der Waals surface area contributed by atoms with E-state index in [2.05, 4.69) is 5.32 Å². The van der Waals surface area contributed by atoms with Gasteiger partial charge in [-0.15, -0.1) is 0 Å². The van der Waals surface area contributed by atoms with Crippen molar-refractivity contribution in [2.75, 3.05) is 33.1 Å². The molecule has 1 aliphatic heterocycles. The van der Waals surface area contributed by atoms with Gasteiger partial charge in [-0.3, -0.25) is 4.21 Å². The first-order valence-electron chi connectivity index (χ1n) is 6.52. The molecule has 5 heteroatoms. The normalized spacial score (nSPS) is 22.1. The predicted molar refractivity (Wildman–Crippen MR) is 76.0 cm³/mol. The average Bonchev–Trinajstić information content (AvgIpc) is 2.98. The average molecular weight is 283 g/mol. The molecule has 3 unspecified atom stereocenters. The summed E-state index contributed by atoms with van der Waals surface area (Å²) in [6, 6.07) is 7.71. The van der Waals surface area contributed by atoms with E-state index in [0.29, 0.717) is 17.4 Å². The molecule has 1 fully saturated rings. The molecule has 0 bridgehead atoms. The lowest BCUT2D eigenvalue weighted by Crippen LogP contribution is -2.38. The molecule has 0 aromatic heterocycles. The minimum absolute atomic E-state index is 0.216. The Morgan fingerprint density at radius 1 is 1.53 bits per heavy atom. The van der Waals surface area contributed by atoms with Crippen LogP contribution in [0.1, 0.15) is 6.42 Å². The Bertz CT molecular complexity index is 432. The van der Waals surface area contributed by atoms with Gasteiger partial charge < -0.3 is 14.8 Å². The third kappa shape index (κ3) is 3.55. The molecular formula is C14H21NO3S. The highest BCUT2D eigenvalue weighted by atomic mass is 32.2. The van der Waals surface area contributed by atoms with E-state index in [1.54, 1.807) is 7.11 Å². The van der Waals surface area contributed by atoms with Crippen LogP contribution in [0.25, 0.3) is 0 Å². The van der Waals surface area contributed by atoms with Crippen LogP contribution in [0.5, 0.6) is 5.75 Å². The Kier molecular flexibility index (Phi) is 5.36. The lowest BCUT2D eigenvalue weighted by atomic mass is 10.0. The molecule has 3 atom stereocenters. The number of para-hydroxylation sites is 1. The summed E-state index contributed by atoms with van der Waals surface area (Å²) in [5, 5.41) is 3.27. The van der Waals surface area contributed by atoms with Crippen LogP contribution in [-0.2, 0) is 15.5 Å². The van der Waals surface area contributed by atoms with Gasteiger partial charge in [0.15, 0.2) is 0 Å². The van der Waals surface area contributed by atoms with Gasteiger partial charge in [0, 0.05) is 24.3 Å². The largest absolute Gasteiger partial charge is 0.495 e. The Hall–Kier alpha value is -0.910. The maximum atomic E-state index is 12.5. The van der Waals surface area contributed by atoms with Crippen LogP contribution in [0, 0.1) is 5.92 Å². The summed E-state index contributed by atoms with van der Waals surface area (Å²) < 4.78 is 23.2. The van der Waals surface area contributed by atoms with E-state index >= 15 is 0 Å². The molecule has 1 aromatic carbocycles. The van der Waals surface area contributed by atoms with Crippen molar-refractivity contribution in [3.8, 4) is 5.75 Å². The zero-order chi connectivity index (χ0) is 13.7. The van der Waals surface area contributed by atoms with E-state index in [-0.39, 0.29) is 6.04 Å². The van der Waals surface area contributed by atoms with Gasteiger partial charge in [-0.2, -0.15) is 0 Å². The highest BCUT2D eigenvalue weighted by Crippen LogP contribution is 2.24. The van der Waals surface area contributed by atoms with Crippen molar-refractivity contribution in [3.05, 3.63) is 24.3 Å². The number of nitrogens with one attached hydrogen (secondary N) is 1. The van der Waals surface area contributed by atoms with Crippen molar-refractivity contribution in [3.63, 3.8) is 0 Å². The number of methoxy groups -OCH3 is 1. The second-order valence-corrected chi connectivity index (χ2v) is 6.15. The van der Waals surface area contributed by atoms with Crippen molar-refractivity contribution in [1.82, 2.24) is 5.32 Å². The van der Waals surface area contributed by atoms with E-state index in [9.17, 15) is 4.21 Å². The summed E-state index contributed by atoms with van der Waals surface area (Å²) in [6.45, 7) is 1.57. The smallest absolute Gasteiger partial charge is 0.134 e. The summed E-state index contributed by atoms with van der Waals surface area (Å²) in [5.41, 5.74) is 0. The van der Waals surface area contributed by atoms with Gasteiger partial charge in [-0.05, 0) is 25.6 Å². The fraction of sp³-hybridized carbons (Fsp3) is 0.571. The minimum atomic E-state index is -1.06. The van der Waals surface area contributed by atoms with Crippen LogP contribution < -0.4 is 10.1 Å². The summed E-state index contributed by atoms with van der Waals surface area (Å²) in [7, 11) is 2.46. The van der Waals surface area contributed by atoms with Crippen molar-refractivity contribution in [2.45, 2.75) is 17.4 Å². The van der Waals surface area contributed by atoms with E-state index in [0.717, 1.165) is 24.5 Å². The molecule has 0 saturated carbocycles. The second-order valence-electron chi connectivity index (χ2n) is 4.68. The number of benzene rings is 1. The van der Waals surface area contributed by atoms with Gasteiger partial charge in [0.25, 0.3) is 0 Å². The molecule has 1 saturated heterocycles. The zero-order valence-electron chi connectivity index (χ0n) is 11.4. The van der Waals surface area contributed by atoms with Crippen molar-refractivity contribution >= 4 is 10.8 Å². The van der Waals surface area contributed by atoms with E-state index in [1.165, 1.54) is 0 Å². The van der Waals surface area contributed by atoms with E-state index in [1.807, 2.05) is 31.3 Å². The lowest BCUT2D eigenvalue weighted by Gasteiger charge is -2.21. The first-order chi connectivity index (χ1) is 9.26. The van der Waals surface area contributed by atoms with Crippen LogP contribution >= 0.6 is 0 Å². The number of ether oxygens (including phenoxy) is 2. The van der Waals surface area contributed by atoms with E-state index < -0.39 is 10.8 Å². The van der Waals surface area contributed by atoms with Gasteiger partial charge in [0.05, 0.1) is 29.4 Å². The molecule has 1 N–H and O–H groups in total. The van der Waals surface area contributed by atoms with Crippen LogP contribution in [0.4, 0.5) is 0 Å². The molecule has 0 radical (unpaired) electrons. The van der Waals surface area contributed by atoms with Crippen LogP contribution in [0.15, 0.2) is 29.2 Å². The molecule has 19 heavy (non-hydrogen) atoms.